The van der Waals surface area contributed by atoms with Gasteiger partial charge in [0.25, 0.3) is 0 Å². The standard InChI is InChI=1S/C10H13N3O3/c1-6-2-7(4-8(14)3-6)10(16)9(15)5-12-13-11/h2-4,9-10,14-16H,5H2,1H3. The van der Waals surface area contributed by atoms with Gasteiger partial charge >= 0.3 is 0 Å². The third-order valence-corrected chi connectivity index (χ3v) is 2.12. The van der Waals surface area contributed by atoms with E-state index in [1.165, 1.54) is 12.1 Å². The van der Waals surface area contributed by atoms with Crippen LogP contribution in [0, 0.1) is 6.92 Å². The van der Waals surface area contributed by atoms with Gasteiger partial charge in [-0.3, -0.25) is 0 Å². The Bertz CT molecular complexity index is 396. The molecule has 1 rings (SSSR count). The summed E-state index contributed by atoms with van der Waals surface area (Å²) in [6, 6.07) is 4.54. The number of phenolic OH excluding ortho intramolecular Hbond substituents is 1. The smallest absolute Gasteiger partial charge is 0.116 e. The van der Waals surface area contributed by atoms with Crippen molar-refractivity contribution in [3.05, 3.63) is 39.8 Å². The van der Waals surface area contributed by atoms with Crippen molar-refractivity contribution < 1.29 is 15.3 Å². The molecule has 0 heterocycles. The first-order valence-electron chi connectivity index (χ1n) is 4.72. The highest BCUT2D eigenvalue weighted by Crippen LogP contribution is 2.23. The van der Waals surface area contributed by atoms with Crippen molar-refractivity contribution in [3.8, 4) is 5.75 Å². The molecule has 0 aliphatic heterocycles. The molecular formula is C10H13N3O3. The van der Waals surface area contributed by atoms with E-state index in [9.17, 15) is 15.3 Å². The normalized spacial score (nSPS) is 13.9. The Labute approximate surface area is 92.4 Å². The zero-order valence-electron chi connectivity index (χ0n) is 8.78. The van der Waals surface area contributed by atoms with E-state index in [0.29, 0.717) is 5.56 Å². The third-order valence-electron chi connectivity index (χ3n) is 2.12. The van der Waals surface area contributed by atoms with Gasteiger partial charge in [0.1, 0.15) is 11.9 Å². The summed E-state index contributed by atoms with van der Waals surface area (Å²) in [5.74, 6) is 0.0186. The van der Waals surface area contributed by atoms with Crippen LogP contribution >= 0.6 is 0 Å². The Morgan fingerprint density at radius 2 is 2.06 bits per heavy atom. The Kier molecular flexibility index (Phi) is 4.13. The van der Waals surface area contributed by atoms with Crippen LogP contribution in [0.3, 0.4) is 0 Å². The Balaban J connectivity index is 2.86. The molecule has 0 radical (unpaired) electrons. The summed E-state index contributed by atoms with van der Waals surface area (Å²) in [5, 5.41) is 31.7. The minimum Gasteiger partial charge on any atom is -0.508 e. The van der Waals surface area contributed by atoms with E-state index in [0.717, 1.165) is 5.56 Å². The molecule has 16 heavy (non-hydrogen) atoms. The lowest BCUT2D eigenvalue weighted by Crippen LogP contribution is -2.21. The highest BCUT2D eigenvalue weighted by Gasteiger charge is 2.18. The fourth-order valence-corrected chi connectivity index (χ4v) is 1.40. The molecule has 0 saturated carbocycles. The summed E-state index contributed by atoms with van der Waals surface area (Å²) in [4.78, 5) is 2.49. The van der Waals surface area contributed by atoms with Crippen LogP contribution in [0.15, 0.2) is 23.3 Å². The maximum Gasteiger partial charge on any atom is 0.116 e. The highest BCUT2D eigenvalue weighted by atomic mass is 16.3. The molecule has 0 bridgehead atoms. The molecule has 0 aromatic heterocycles. The van der Waals surface area contributed by atoms with E-state index in [1.54, 1.807) is 13.0 Å². The first kappa shape index (κ1) is 12.3. The molecule has 2 atom stereocenters. The molecular weight excluding hydrogens is 210 g/mol. The van der Waals surface area contributed by atoms with Gasteiger partial charge in [-0.05, 0) is 35.7 Å². The molecule has 0 aliphatic rings. The second-order valence-electron chi connectivity index (χ2n) is 3.53. The molecule has 3 N–H and O–H groups in total. The van der Waals surface area contributed by atoms with Crippen LogP contribution in [0.25, 0.3) is 10.4 Å². The van der Waals surface area contributed by atoms with E-state index < -0.39 is 12.2 Å². The fourth-order valence-electron chi connectivity index (χ4n) is 1.40. The van der Waals surface area contributed by atoms with Crippen molar-refractivity contribution in [1.29, 1.82) is 0 Å². The first-order chi connectivity index (χ1) is 7.54. The number of aliphatic hydroxyl groups excluding tert-OH is 2. The Morgan fingerprint density at radius 1 is 1.38 bits per heavy atom. The van der Waals surface area contributed by atoms with Gasteiger partial charge in [0.05, 0.1) is 12.6 Å². The Morgan fingerprint density at radius 3 is 2.62 bits per heavy atom. The Hall–Kier alpha value is -1.75. The van der Waals surface area contributed by atoms with E-state index in [4.69, 9.17) is 5.53 Å². The third kappa shape index (κ3) is 3.13. The van der Waals surface area contributed by atoms with Gasteiger partial charge in [0.2, 0.25) is 0 Å². The lowest BCUT2D eigenvalue weighted by Gasteiger charge is -2.16. The number of phenols is 1. The van der Waals surface area contributed by atoms with Crippen LogP contribution in [-0.2, 0) is 0 Å². The van der Waals surface area contributed by atoms with Crippen molar-refractivity contribution in [2.45, 2.75) is 19.1 Å². The number of hydrogen-bond acceptors (Lipinski definition) is 4. The van der Waals surface area contributed by atoms with Crippen LogP contribution in [0.1, 0.15) is 17.2 Å². The van der Waals surface area contributed by atoms with Gasteiger partial charge < -0.3 is 15.3 Å². The topological polar surface area (TPSA) is 109 Å². The molecule has 6 nitrogen and oxygen atoms in total. The number of rotatable bonds is 4. The molecule has 0 aliphatic carbocycles. The molecule has 0 amide bonds. The highest BCUT2D eigenvalue weighted by molar-refractivity contribution is 5.34. The maximum atomic E-state index is 9.72. The molecule has 0 saturated heterocycles. The van der Waals surface area contributed by atoms with Gasteiger partial charge in [-0.2, -0.15) is 0 Å². The van der Waals surface area contributed by atoms with E-state index in [2.05, 4.69) is 10.0 Å². The second-order valence-corrected chi connectivity index (χ2v) is 3.53. The minimum atomic E-state index is -1.18. The molecule has 86 valence electrons. The van der Waals surface area contributed by atoms with Gasteiger partial charge in [-0.15, -0.1) is 0 Å². The van der Waals surface area contributed by atoms with Crippen LogP contribution in [0.5, 0.6) is 5.75 Å². The number of aromatic hydroxyl groups is 1. The lowest BCUT2D eigenvalue weighted by atomic mass is 10.0. The van der Waals surface area contributed by atoms with Crippen LogP contribution in [0.2, 0.25) is 0 Å². The number of aliphatic hydroxyl groups is 2. The van der Waals surface area contributed by atoms with Crippen LogP contribution < -0.4 is 0 Å². The summed E-state index contributed by atoms with van der Waals surface area (Å²) >= 11 is 0. The molecule has 1 aromatic carbocycles. The van der Waals surface area contributed by atoms with Crippen molar-refractivity contribution in [3.63, 3.8) is 0 Å². The van der Waals surface area contributed by atoms with Crippen LogP contribution in [-0.4, -0.2) is 28.0 Å². The second kappa shape index (κ2) is 5.37. The summed E-state index contributed by atoms with van der Waals surface area (Å²) < 4.78 is 0. The van der Waals surface area contributed by atoms with Gasteiger partial charge in [0, 0.05) is 4.91 Å². The zero-order chi connectivity index (χ0) is 12.1. The van der Waals surface area contributed by atoms with Crippen LogP contribution in [0.4, 0.5) is 0 Å². The fraction of sp³-hybridized carbons (Fsp3) is 0.400. The number of hydrogen-bond donors (Lipinski definition) is 3. The first-order valence-corrected chi connectivity index (χ1v) is 4.72. The average Bonchev–Trinajstić information content (AvgIpc) is 2.23. The SMILES string of the molecule is Cc1cc(O)cc(C(O)C(O)CN=[N+]=[N-])c1. The van der Waals surface area contributed by atoms with Crippen molar-refractivity contribution in [2.75, 3.05) is 6.54 Å². The molecule has 1 aromatic rings. The van der Waals surface area contributed by atoms with Gasteiger partial charge in [0.15, 0.2) is 0 Å². The molecule has 6 heteroatoms. The van der Waals surface area contributed by atoms with Gasteiger partial charge in [-0.1, -0.05) is 11.2 Å². The summed E-state index contributed by atoms with van der Waals surface area (Å²) in [5.41, 5.74) is 9.24. The summed E-state index contributed by atoms with van der Waals surface area (Å²) in [6.45, 7) is 1.54. The van der Waals surface area contributed by atoms with Crippen molar-refractivity contribution in [1.82, 2.24) is 0 Å². The molecule has 0 spiro atoms. The lowest BCUT2D eigenvalue weighted by molar-refractivity contribution is 0.0243. The predicted octanol–water partition coefficient (Wildman–Crippen LogP) is 1.41. The zero-order valence-corrected chi connectivity index (χ0v) is 8.78. The monoisotopic (exact) mass is 223 g/mol. The van der Waals surface area contributed by atoms with Crippen molar-refractivity contribution >= 4 is 0 Å². The van der Waals surface area contributed by atoms with E-state index in [1.807, 2.05) is 0 Å². The predicted molar refractivity (Wildman–Crippen MR) is 57.8 cm³/mol. The van der Waals surface area contributed by atoms with E-state index in [-0.39, 0.29) is 12.3 Å². The number of aryl methyl sites for hydroxylation is 1. The maximum absolute atomic E-state index is 9.72. The summed E-state index contributed by atoms with van der Waals surface area (Å²) in [7, 11) is 0. The molecule has 0 fully saturated rings. The number of azide groups is 1. The minimum absolute atomic E-state index is 0.0186. The molecule has 2 unspecified atom stereocenters. The average molecular weight is 223 g/mol. The quantitative estimate of drug-likeness (QED) is 0.407. The van der Waals surface area contributed by atoms with E-state index >= 15 is 0 Å². The largest absolute Gasteiger partial charge is 0.508 e. The van der Waals surface area contributed by atoms with Crippen molar-refractivity contribution in [2.24, 2.45) is 5.11 Å². The number of benzene rings is 1. The summed E-state index contributed by atoms with van der Waals surface area (Å²) in [6.07, 6.45) is -2.37. The van der Waals surface area contributed by atoms with Gasteiger partial charge in [-0.25, -0.2) is 0 Å². The number of nitrogens with zero attached hydrogens (tertiary/aromatic N) is 3.